The number of carbonyl (C=O) groups is 1. The molecule has 0 spiro atoms. The molecular formula is C10H16N4O3S. The van der Waals surface area contributed by atoms with E-state index in [0.29, 0.717) is 6.54 Å². The third-order valence-corrected chi connectivity index (χ3v) is 4.41. The maximum atomic E-state index is 12.1. The molecule has 0 unspecified atom stereocenters. The quantitative estimate of drug-likeness (QED) is 0.637. The second-order valence-corrected chi connectivity index (χ2v) is 6.06. The summed E-state index contributed by atoms with van der Waals surface area (Å²) >= 11 is 0. The molecule has 1 aliphatic heterocycles. The number of nitrogens with zero attached hydrogens (tertiary/aromatic N) is 1. The molecule has 2 heterocycles. The fraction of sp³-hybridized carbons (Fsp3) is 0.500. The van der Waals surface area contributed by atoms with Gasteiger partial charge in [0.2, 0.25) is 10.0 Å². The van der Waals surface area contributed by atoms with E-state index in [1.54, 1.807) is 7.05 Å². The van der Waals surface area contributed by atoms with E-state index in [0.717, 1.165) is 13.0 Å². The predicted octanol–water partition coefficient (Wildman–Crippen LogP) is -1.24. The summed E-state index contributed by atoms with van der Waals surface area (Å²) in [5.74, 6) is -0.651. The maximum absolute atomic E-state index is 12.1. The Morgan fingerprint density at radius 3 is 2.83 bits per heavy atom. The van der Waals surface area contributed by atoms with Crippen LogP contribution in [0.4, 0.5) is 0 Å². The molecule has 7 nitrogen and oxygen atoms in total. The lowest BCUT2D eigenvalue weighted by atomic mass is 10.3. The highest BCUT2D eigenvalue weighted by molar-refractivity contribution is 7.89. The minimum absolute atomic E-state index is 0.0608. The molecule has 4 N–H and O–H groups in total. The molecule has 100 valence electrons. The van der Waals surface area contributed by atoms with Gasteiger partial charge in [0, 0.05) is 25.8 Å². The van der Waals surface area contributed by atoms with Crippen LogP contribution in [-0.4, -0.2) is 38.0 Å². The van der Waals surface area contributed by atoms with E-state index in [1.807, 2.05) is 0 Å². The summed E-state index contributed by atoms with van der Waals surface area (Å²) in [4.78, 5) is 11.1. The number of carbonyl (C=O) groups excluding carboxylic acids is 1. The summed E-state index contributed by atoms with van der Waals surface area (Å²) in [6.45, 7) is 1.42. The first kappa shape index (κ1) is 13.1. The first-order chi connectivity index (χ1) is 8.40. The number of aryl methyl sites for hydroxylation is 1. The van der Waals surface area contributed by atoms with Gasteiger partial charge in [-0.15, -0.1) is 0 Å². The number of aromatic nitrogens is 1. The smallest absolute Gasteiger partial charge is 0.265 e. The molecule has 1 aliphatic rings. The van der Waals surface area contributed by atoms with Crippen LogP contribution in [0.15, 0.2) is 17.2 Å². The number of hydrogen-bond acceptors (Lipinski definition) is 4. The van der Waals surface area contributed by atoms with Gasteiger partial charge in [-0.3, -0.25) is 4.79 Å². The van der Waals surface area contributed by atoms with Crippen LogP contribution in [0.5, 0.6) is 0 Å². The van der Waals surface area contributed by atoms with Crippen molar-refractivity contribution >= 4 is 15.9 Å². The normalized spacial score (nSPS) is 20.2. The zero-order valence-corrected chi connectivity index (χ0v) is 10.8. The fourth-order valence-corrected chi connectivity index (χ4v) is 3.31. The minimum atomic E-state index is -3.60. The van der Waals surface area contributed by atoms with Crippen LogP contribution in [0, 0.1) is 0 Å². The van der Waals surface area contributed by atoms with E-state index in [4.69, 9.17) is 5.73 Å². The number of hydrogen-bond donors (Lipinski definition) is 3. The molecule has 1 saturated heterocycles. The number of nitrogens with two attached hydrogens (primary N) is 1. The SMILES string of the molecule is Cn1cc(S(=O)(=O)N[C@@H]2CCNC2)cc1C(N)=O. The number of primary amides is 1. The Kier molecular flexibility index (Phi) is 3.42. The molecule has 0 aliphatic carbocycles. The first-order valence-electron chi connectivity index (χ1n) is 5.59. The van der Waals surface area contributed by atoms with Gasteiger partial charge >= 0.3 is 0 Å². The fourth-order valence-electron chi connectivity index (χ4n) is 1.97. The lowest BCUT2D eigenvalue weighted by Gasteiger charge is -2.10. The molecule has 0 radical (unpaired) electrons. The van der Waals surface area contributed by atoms with Gasteiger partial charge in [-0.1, -0.05) is 0 Å². The van der Waals surface area contributed by atoms with Crippen LogP contribution in [0.2, 0.25) is 0 Å². The molecule has 1 aromatic rings. The van der Waals surface area contributed by atoms with Crippen LogP contribution < -0.4 is 15.8 Å². The molecular weight excluding hydrogens is 256 g/mol. The zero-order chi connectivity index (χ0) is 13.3. The van der Waals surface area contributed by atoms with E-state index < -0.39 is 15.9 Å². The van der Waals surface area contributed by atoms with Crippen LogP contribution in [0.3, 0.4) is 0 Å². The van der Waals surface area contributed by atoms with Crippen molar-refractivity contribution in [1.82, 2.24) is 14.6 Å². The Balaban J connectivity index is 2.24. The van der Waals surface area contributed by atoms with Crippen molar-refractivity contribution in [3.05, 3.63) is 18.0 Å². The topological polar surface area (TPSA) is 106 Å². The average molecular weight is 272 g/mol. The maximum Gasteiger partial charge on any atom is 0.265 e. The molecule has 0 bridgehead atoms. The molecule has 0 aromatic carbocycles. The molecule has 2 rings (SSSR count). The third-order valence-electron chi connectivity index (χ3n) is 2.92. The summed E-state index contributed by atoms with van der Waals surface area (Å²) in [6.07, 6.45) is 2.14. The summed E-state index contributed by atoms with van der Waals surface area (Å²) in [5, 5.41) is 3.07. The highest BCUT2D eigenvalue weighted by Gasteiger charge is 2.24. The summed E-state index contributed by atoms with van der Waals surface area (Å²) in [6, 6.07) is 1.18. The number of nitrogens with one attached hydrogen (secondary N) is 2. The molecule has 1 amide bonds. The molecule has 1 fully saturated rings. The Morgan fingerprint density at radius 2 is 2.33 bits per heavy atom. The lowest BCUT2D eigenvalue weighted by molar-refractivity contribution is 0.0992. The van der Waals surface area contributed by atoms with Crippen LogP contribution >= 0.6 is 0 Å². The number of sulfonamides is 1. The Bertz CT molecular complexity index is 558. The van der Waals surface area contributed by atoms with Crippen molar-refractivity contribution in [2.75, 3.05) is 13.1 Å². The highest BCUT2D eigenvalue weighted by atomic mass is 32.2. The first-order valence-corrected chi connectivity index (χ1v) is 7.07. The standard InChI is InChI=1S/C10H16N4O3S/c1-14-6-8(4-9(14)10(11)15)18(16,17)13-7-2-3-12-5-7/h4,6-7,12-13H,2-3,5H2,1H3,(H2,11,15)/t7-/m1/s1. The van der Waals surface area contributed by atoms with Gasteiger partial charge in [0.25, 0.3) is 5.91 Å². The molecule has 1 atom stereocenters. The Morgan fingerprint density at radius 1 is 1.61 bits per heavy atom. The van der Waals surface area contributed by atoms with Crippen LogP contribution in [0.25, 0.3) is 0 Å². The van der Waals surface area contributed by atoms with Crippen molar-refractivity contribution in [3.8, 4) is 0 Å². The van der Waals surface area contributed by atoms with Gasteiger partial charge in [-0.05, 0) is 19.0 Å². The zero-order valence-electron chi connectivity index (χ0n) is 10.0. The monoisotopic (exact) mass is 272 g/mol. The van der Waals surface area contributed by atoms with Gasteiger partial charge in [-0.25, -0.2) is 13.1 Å². The summed E-state index contributed by atoms with van der Waals surface area (Å²) in [5.41, 5.74) is 5.32. The van der Waals surface area contributed by atoms with Gasteiger partial charge in [0.05, 0.1) is 0 Å². The number of amides is 1. The van der Waals surface area contributed by atoms with E-state index >= 15 is 0 Å². The molecule has 18 heavy (non-hydrogen) atoms. The van der Waals surface area contributed by atoms with Crippen LogP contribution in [0.1, 0.15) is 16.9 Å². The van der Waals surface area contributed by atoms with E-state index in [2.05, 4.69) is 10.0 Å². The lowest BCUT2D eigenvalue weighted by Crippen LogP contribution is -2.36. The van der Waals surface area contributed by atoms with Crippen LogP contribution in [-0.2, 0) is 17.1 Å². The van der Waals surface area contributed by atoms with Crippen molar-refractivity contribution in [1.29, 1.82) is 0 Å². The second-order valence-electron chi connectivity index (χ2n) is 4.35. The number of rotatable bonds is 4. The van der Waals surface area contributed by atoms with Crippen molar-refractivity contribution in [3.63, 3.8) is 0 Å². The largest absolute Gasteiger partial charge is 0.364 e. The highest BCUT2D eigenvalue weighted by Crippen LogP contribution is 2.14. The van der Waals surface area contributed by atoms with Crippen molar-refractivity contribution in [2.45, 2.75) is 17.4 Å². The summed E-state index contributed by atoms with van der Waals surface area (Å²) < 4.78 is 28.1. The van der Waals surface area contributed by atoms with Crippen molar-refractivity contribution in [2.24, 2.45) is 12.8 Å². The van der Waals surface area contributed by atoms with Gasteiger partial charge in [-0.2, -0.15) is 0 Å². The Hall–Kier alpha value is -1.38. The third kappa shape index (κ3) is 2.55. The van der Waals surface area contributed by atoms with E-state index in [-0.39, 0.29) is 16.6 Å². The molecule has 1 aromatic heterocycles. The Labute approximate surface area is 105 Å². The van der Waals surface area contributed by atoms with Gasteiger partial charge < -0.3 is 15.6 Å². The molecule has 8 heteroatoms. The summed E-state index contributed by atoms with van der Waals surface area (Å²) in [7, 11) is -2.02. The second kappa shape index (κ2) is 4.71. The van der Waals surface area contributed by atoms with Crippen molar-refractivity contribution < 1.29 is 13.2 Å². The molecule has 0 saturated carbocycles. The predicted molar refractivity (Wildman–Crippen MR) is 65.5 cm³/mol. The van der Waals surface area contributed by atoms with Gasteiger partial charge in [0.15, 0.2) is 0 Å². The van der Waals surface area contributed by atoms with Gasteiger partial charge in [0.1, 0.15) is 10.6 Å². The van der Waals surface area contributed by atoms with E-state index in [1.165, 1.54) is 16.8 Å². The average Bonchev–Trinajstić information content (AvgIpc) is 2.86. The van der Waals surface area contributed by atoms with E-state index in [9.17, 15) is 13.2 Å². The minimum Gasteiger partial charge on any atom is -0.364 e.